The van der Waals surface area contributed by atoms with E-state index in [1.165, 1.54) is 11.1 Å². The first-order valence-electron chi connectivity index (χ1n) is 12.6. The number of carboxylic acid groups (broad SMARTS) is 1. The molecule has 3 aliphatic rings. The maximum atomic E-state index is 12.9. The highest BCUT2D eigenvalue weighted by molar-refractivity contribution is 5.81. The largest absolute Gasteiger partial charge is 0.481 e. The molecule has 2 amide bonds. The molecule has 2 aromatic carbocycles. The molecular weight excluding hydrogens is 444 g/mol. The zero-order chi connectivity index (χ0) is 24.4. The third kappa shape index (κ3) is 5.04. The molecule has 0 bridgehead atoms. The number of hydrogen-bond donors (Lipinski definition) is 3. The van der Waals surface area contributed by atoms with Crippen LogP contribution in [0.3, 0.4) is 0 Å². The van der Waals surface area contributed by atoms with Crippen molar-refractivity contribution in [2.45, 2.75) is 50.5 Å². The quantitative estimate of drug-likeness (QED) is 0.517. The van der Waals surface area contributed by atoms with Crippen molar-refractivity contribution in [3.05, 3.63) is 59.7 Å². The van der Waals surface area contributed by atoms with Crippen molar-refractivity contribution in [1.29, 1.82) is 0 Å². The lowest BCUT2D eigenvalue weighted by Gasteiger charge is -2.25. The first kappa shape index (κ1) is 23.4. The van der Waals surface area contributed by atoms with Gasteiger partial charge in [-0.2, -0.15) is 0 Å². The molecule has 2 fully saturated rings. The van der Waals surface area contributed by atoms with Crippen molar-refractivity contribution in [1.82, 2.24) is 10.6 Å². The van der Waals surface area contributed by atoms with E-state index in [0.717, 1.165) is 36.8 Å². The van der Waals surface area contributed by atoms with Gasteiger partial charge in [0.15, 0.2) is 0 Å². The van der Waals surface area contributed by atoms with E-state index in [-0.39, 0.29) is 42.2 Å². The molecule has 0 aliphatic heterocycles. The molecule has 2 saturated carbocycles. The van der Waals surface area contributed by atoms with Crippen LogP contribution in [0, 0.1) is 17.8 Å². The van der Waals surface area contributed by atoms with E-state index in [0.29, 0.717) is 19.4 Å². The van der Waals surface area contributed by atoms with Crippen molar-refractivity contribution in [2.75, 3.05) is 13.2 Å². The van der Waals surface area contributed by atoms with E-state index in [9.17, 15) is 14.4 Å². The summed E-state index contributed by atoms with van der Waals surface area (Å²) in [7, 11) is 0. The molecule has 0 spiro atoms. The molecule has 2 aromatic rings. The number of carbonyl (C=O) groups excluding carboxylic acids is 2. The van der Waals surface area contributed by atoms with Crippen molar-refractivity contribution in [2.24, 2.45) is 17.8 Å². The van der Waals surface area contributed by atoms with Gasteiger partial charge in [-0.15, -0.1) is 0 Å². The van der Waals surface area contributed by atoms with Gasteiger partial charge in [-0.25, -0.2) is 4.79 Å². The third-order valence-electron chi connectivity index (χ3n) is 7.78. The molecule has 4 atom stereocenters. The summed E-state index contributed by atoms with van der Waals surface area (Å²) in [5.41, 5.74) is 4.68. The second kappa shape index (κ2) is 10.1. The van der Waals surface area contributed by atoms with Gasteiger partial charge >= 0.3 is 12.1 Å². The summed E-state index contributed by atoms with van der Waals surface area (Å²) in [5.74, 6) is -1.59. The molecule has 5 rings (SSSR count). The molecule has 0 aromatic heterocycles. The molecule has 35 heavy (non-hydrogen) atoms. The van der Waals surface area contributed by atoms with Crippen molar-refractivity contribution < 1.29 is 24.2 Å². The van der Waals surface area contributed by atoms with Crippen LogP contribution in [0.4, 0.5) is 4.79 Å². The second-order valence-electron chi connectivity index (χ2n) is 10.0. The first-order chi connectivity index (χ1) is 17.0. The fraction of sp³-hybridized carbons (Fsp3) is 0.464. The van der Waals surface area contributed by atoms with Crippen LogP contribution in [-0.4, -0.2) is 42.3 Å². The second-order valence-corrected chi connectivity index (χ2v) is 10.0. The number of amides is 2. The van der Waals surface area contributed by atoms with Gasteiger partial charge < -0.3 is 20.5 Å². The maximum Gasteiger partial charge on any atom is 0.407 e. The molecule has 0 heterocycles. The van der Waals surface area contributed by atoms with E-state index in [4.69, 9.17) is 9.84 Å². The van der Waals surface area contributed by atoms with E-state index in [1.54, 1.807) is 0 Å². The van der Waals surface area contributed by atoms with Gasteiger partial charge in [0.25, 0.3) is 0 Å². The molecule has 0 unspecified atom stereocenters. The lowest BCUT2D eigenvalue weighted by molar-refractivity contribution is -0.139. The Bertz CT molecular complexity index is 1070. The Hall–Kier alpha value is -3.35. The normalized spacial score (nSPS) is 25.0. The van der Waals surface area contributed by atoms with E-state index >= 15 is 0 Å². The van der Waals surface area contributed by atoms with Gasteiger partial charge in [0.1, 0.15) is 6.61 Å². The Balaban J connectivity index is 1.19. The van der Waals surface area contributed by atoms with Crippen molar-refractivity contribution >= 4 is 18.0 Å². The Kier molecular flexibility index (Phi) is 6.75. The Morgan fingerprint density at radius 2 is 1.54 bits per heavy atom. The number of carbonyl (C=O) groups is 3. The van der Waals surface area contributed by atoms with Crippen molar-refractivity contribution in [3.63, 3.8) is 0 Å². The number of alkyl carbamates (subject to hydrolysis) is 1. The summed E-state index contributed by atoms with van der Waals surface area (Å²) in [6.45, 7) is 0.617. The molecule has 7 heteroatoms. The topological polar surface area (TPSA) is 105 Å². The minimum Gasteiger partial charge on any atom is -0.481 e. The number of carboxylic acids is 1. The minimum absolute atomic E-state index is 0.00997. The van der Waals surface area contributed by atoms with E-state index in [1.807, 2.05) is 24.3 Å². The zero-order valence-electron chi connectivity index (χ0n) is 19.7. The molecular formula is C28H32N2O5. The fourth-order valence-electron chi connectivity index (χ4n) is 5.72. The molecule has 0 radical (unpaired) electrons. The lowest BCUT2D eigenvalue weighted by Crippen LogP contribution is -2.47. The average Bonchev–Trinajstić information content (AvgIpc) is 3.62. The third-order valence-corrected chi connectivity index (χ3v) is 7.78. The molecule has 3 aliphatic carbocycles. The van der Waals surface area contributed by atoms with E-state index in [2.05, 4.69) is 34.9 Å². The Labute approximate surface area is 205 Å². The Morgan fingerprint density at radius 3 is 2.20 bits per heavy atom. The van der Waals surface area contributed by atoms with Crippen molar-refractivity contribution in [3.8, 4) is 11.1 Å². The number of hydrogen-bond acceptors (Lipinski definition) is 4. The summed E-state index contributed by atoms with van der Waals surface area (Å²) >= 11 is 0. The van der Waals surface area contributed by atoms with Crippen LogP contribution in [0.1, 0.15) is 55.6 Å². The van der Waals surface area contributed by atoms with Crippen LogP contribution < -0.4 is 10.6 Å². The lowest BCUT2D eigenvalue weighted by atomic mass is 9.93. The number of benzene rings is 2. The number of nitrogens with one attached hydrogen (secondary N) is 2. The highest BCUT2D eigenvalue weighted by Gasteiger charge is 2.43. The highest BCUT2D eigenvalue weighted by Crippen LogP contribution is 2.44. The molecule has 7 nitrogen and oxygen atoms in total. The molecule has 3 N–H and O–H groups in total. The number of ether oxygens (including phenoxy) is 1. The van der Waals surface area contributed by atoms with Crippen LogP contribution in [-0.2, 0) is 14.3 Å². The molecule has 0 saturated heterocycles. The zero-order valence-corrected chi connectivity index (χ0v) is 19.7. The summed E-state index contributed by atoms with van der Waals surface area (Å²) in [4.78, 5) is 36.8. The summed E-state index contributed by atoms with van der Waals surface area (Å²) in [6.07, 6.45) is 4.45. The van der Waals surface area contributed by atoms with Gasteiger partial charge in [0.2, 0.25) is 5.91 Å². The minimum atomic E-state index is -0.798. The Morgan fingerprint density at radius 1 is 0.886 bits per heavy atom. The van der Waals surface area contributed by atoms with Gasteiger partial charge in [-0.05, 0) is 47.4 Å². The monoisotopic (exact) mass is 476 g/mol. The standard InChI is InChI=1S/C28H32N2O5/c31-26(29-15-17-14-23(17)27(32)33)22-12-2-1-3-13-25(22)30-28(34)35-16-24-20-10-6-4-8-18(20)19-9-5-7-11-21(19)24/h4-11,17,22-25H,1-3,12-16H2,(H,29,31)(H,30,34)(H,32,33)/t17-,22-,23-,25+/m1/s1. The van der Waals surface area contributed by atoms with E-state index < -0.39 is 12.1 Å². The SMILES string of the molecule is O=C(N[C@H]1CCCCC[C@H]1C(=O)NC[C@H]1C[C@H]1C(=O)O)OCC1c2ccccc2-c2ccccc21. The van der Waals surface area contributed by atoms with Crippen LogP contribution in [0.25, 0.3) is 11.1 Å². The average molecular weight is 477 g/mol. The summed E-state index contributed by atoms with van der Waals surface area (Å²) in [5, 5.41) is 15.0. The van der Waals surface area contributed by atoms with Gasteiger partial charge in [-0.3, -0.25) is 9.59 Å². The summed E-state index contributed by atoms with van der Waals surface area (Å²) < 4.78 is 5.71. The number of fused-ring (bicyclic) bond motifs is 3. The van der Waals surface area contributed by atoms with Crippen LogP contribution in [0.5, 0.6) is 0 Å². The number of aliphatic carboxylic acids is 1. The van der Waals surface area contributed by atoms with Gasteiger partial charge in [0, 0.05) is 18.5 Å². The fourth-order valence-corrected chi connectivity index (χ4v) is 5.72. The van der Waals surface area contributed by atoms with Crippen LogP contribution in [0.2, 0.25) is 0 Å². The maximum absolute atomic E-state index is 12.9. The predicted molar refractivity (Wildman–Crippen MR) is 131 cm³/mol. The van der Waals surface area contributed by atoms with Gasteiger partial charge in [-0.1, -0.05) is 67.8 Å². The highest BCUT2D eigenvalue weighted by atomic mass is 16.5. The predicted octanol–water partition coefficient (Wildman–Crippen LogP) is 4.31. The van der Waals surface area contributed by atoms with Crippen LogP contribution in [0.15, 0.2) is 48.5 Å². The summed E-state index contributed by atoms with van der Waals surface area (Å²) in [6, 6.07) is 16.1. The number of rotatable bonds is 7. The first-order valence-corrected chi connectivity index (χ1v) is 12.6. The smallest absolute Gasteiger partial charge is 0.407 e. The van der Waals surface area contributed by atoms with Crippen LogP contribution >= 0.6 is 0 Å². The van der Waals surface area contributed by atoms with Gasteiger partial charge in [0.05, 0.1) is 11.8 Å². The molecule has 184 valence electrons.